The monoisotopic (exact) mass is 289 g/mol. The Hall–Kier alpha value is -1.84. The third-order valence-corrected chi connectivity index (χ3v) is 3.43. The molecule has 0 spiro atoms. The molecule has 0 unspecified atom stereocenters. The van der Waals surface area contributed by atoms with Crippen molar-refractivity contribution in [2.45, 2.75) is 0 Å². The van der Waals surface area contributed by atoms with E-state index in [4.69, 9.17) is 23.2 Å². The van der Waals surface area contributed by atoms with Crippen molar-refractivity contribution in [1.82, 2.24) is 15.0 Å². The summed E-state index contributed by atoms with van der Waals surface area (Å²) in [5, 5.41) is 9.71. The summed E-state index contributed by atoms with van der Waals surface area (Å²) in [6.07, 6.45) is 1.70. The van der Waals surface area contributed by atoms with Gasteiger partial charge in [-0.2, -0.15) is 9.90 Å². The third kappa shape index (κ3) is 2.48. The molecular formula is C14H9Cl2N3. The van der Waals surface area contributed by atoms with E-state index in [0.717, 1.165) is 16.9 Å². The van der Waals surface area contributed by atoms with Crippen molar-refractivity contribution in [2.75, 3.05) is 0 Å². The number of halogens is 2. The molecular weight excluding hydrogens is 281 g/mol. The van der Waals surface area contributed by atoms with E-state index >= 15 is 0 Å². The van der Waals surface area contributed by atoms with Crippen molar-refractivity contribution in [1.29, 1.82) is 0 Å². The Morgan fingerprint density at radius 3 is 2.42 bits per heavy atom. The lowest BCUT2D eigenvalue weighted by Gasteiger charge is -2.00. The lowest BCUT2D eigenvalue weighted by Crippen LogP contribution is -1.97. The van der Waals surface area contributed by atoms with Gasteiger partial charge in [0.15, 0.2) is 0 Å². The molecule has 94 valence electrons. The van der Waals surface area contributed by atoms with Crippen LogP contribution in [0.2, 0.25) is 10.0 Å². The summed E-state index contributed by atoms with van der Waals surface area (Å²) in [4.78, 5) is 1.58. The first kappa shape index (κ1) is 12.2. The second-order valence-electron chi connectivity index (χ2n) is 3.98. The fourth-order valence-corrected chi connectivity index (χ4v) is 2.03. The van der Waals surface area contributed by atoms with Crippen molar-refractivity contribution in [3.8, 4) is 16.9 Å². The molecule has 3 rings (SSSR count). The highest BCUT2D eigenvalue weighted by molar-refractivity contribution is 6.42. The largest absolute Gasteiger partial charge is 0.156 e. The summed E-state index contributed by atoms with van der Waals surface area (Å²) in [5.41, 5.74) is 2.55. The maximum absolute atomic E-state index is 6.00. The van der Waals surface area contributed by atoms with Gasteiger partial charge in [0.2, 0.25) is 0 Å². The van der Waals surface area contributed by atoms with E-state index in [1.807, 2.05) is 36.4 Å². The zero-order valence-electron chi connectivity index (χ0n) is 9.79. The van der Waals surface area contributed by atoms with Crippen LogP contribution in [-0.4, -0.2) is 15.0 Å². The number of hydrogen-bond acceptors (Lipinski definition) is 2. The second kappa shape index (κ2) is 5.03. The van der Waals surface area contributed by atoms with Crippen LogP contribution in [0.4, 0.5) is 0 Å². The first-order valence-corrected chi connectivity index (χ1v) is 6.43. The van der Waals surface area contributed by atoms with Crippen molar-refractivity contribution in [3.05, 3.63) is 64.8 Å². The molecule has 0 N–H and O–H groups in total. The fraction of sp³-hybridized carbons (Fsp3) is 0. The minimum Gasteiger partial charge on any atom is -0.156 e. The van der Waals surface area contributed by atoms with E-state index in [9.17, 15) is 0 Å². The minimum absolute atomic E-state index is 0.508. The van der Waals surface area contributed by atoms with Crippen LogP contribution in [0.1, 0.15) is 0 Å². The highest BCUT2D eigenvalue weighted by Gasteiger charge is 2.07. The van der Waals surface area contributed by atoms with Gasteiger partial charge in [0, 0.05) is 5.56 Å². The molecule has 3 nitrogen and oxygen atoms in total. The lowest BCUT2D eigenvalue weighted by molar-refractivity contribution is 0.754. The molecule has 0 radical (unpaired) electrons. The fourth-order valence-electron chi connectivity index (χ4n) is 1.74. The first-order valence-electron chi connectivity index (χ1n) is 5.67. The van der Waals surface area contributed by atoms with Crippen LogP contribution in [0.15, 0.2) is 54.7 Å². The summed E-state index contributed by atoms with van der Waals surface area (Å²) < 4.78 is 0. The molecule has 0 atom stereocenters. The first-order chi connectivity index (χ1) is 9.24. The summed E-state index contributed by atoms with van der Waals surface area (Å²) in [7, 11) is 0. The predicted molar refractivity (Wildman–Crippen MR) is 76.8 cm³/mol. The number of aromatic nitrogens is 3. The Bertz CT molecular complexity index is 708. The van der Waals surface area contributed by atoms with Crippen molar-refractivity contribution in [2.24, 2.45) is 0 Å². The molecule has 3 aromatic rings. The van der Waals surface area contributed by atoms with Crippen molar-refractivity contribution >= 4 is 23.2 Å². The maximum atomic E-state index is 6.00. The average molecular weight is 290 g/mol. The molecule has 0 saturated carbocycles. The Labute approximate surface area is 120 Å². The topological polar surface area (TPSA) is 30.7 Å². The van der Waals surface area contributed by atoms with Crippen molar-refractivity contribution < 1.29 is 0 Å². The van der Waals surface area contributed by atoms with Gasteiger partial charge in [-0.05, 0) is 24.3 Å². The van der Waals surface area contributed by atoms with Gasteiger partial charge in [0.1, 0.15) is 5.69 Å². The summed E-state index contributed by atoms with van der Waals surface area (Å²) >= 11 is 11.9. The quantitative estimate of drug-likeness (QED) is 0.706. The van der Waals surface area contributed by atoms with Crippen LogP contribution >= 0.6 is 23.2 Å². The highest BCUT2D eigenvalue weighted by atomic mass is 35.5. The SMILES string of the molecule is Clc1ccc(-c2cnn(-c3ccccc3)n2)cc1Cl. The third-order valence-electron chi connectivity index (χ3n) is 2.69. The minimum atomic E-state index is 0.508. The molecule has 1 heterocycles. The number of hydrogen-bond donors (Lipinski definition) is 0. The number of para-hydroxylation sites is 1. The smallest absolute Gasteiger partial charge is 0.113 e. The Kier molecular flexibility index (Phi) is 3.23. The Morgan fingerprint density at radius 1 is 0.895 bits per heavy atom. The molecule has 0 aliphatic carbocycles. The van der Waals surface area contributed by atoms with Crippen LogP contribution in [0.3, 0.4) is 0 Å². The maximum Gasteiger partial charge on any atom is 0.113 e. The van der Waals surface area contributed by atoms with Gasteiger partial charge in [0.25, 0.3) is 0 Å². The van der Waals surface area contributed by atoms with Gasteiger partial charge in [0.05, 0.1) is 21.9 Å². The van der Waals surface area contributed by atoms with Gasteiger partial charge in [-0.3, -0.25) is 0 Å². The van der Waals surface area contributed by atoms with Crippen LogP contribution < -0.4 is 0 Å². The average Bonchev–Trinajstić information content (AvgIpc) is 2.93. The second-order valence-corrected chi connectivity index (χ2v) is 4.80. The van der Waals surface area contributed by atoms with Crippen LogP contribution in [-0.2, 0) is 0 Å². The van der Waals surface area contributed by atoms with Gasteiger partial charge in [-0.15, -0.1) is 5.10 Å². The van der Waals surface area contributed by atoms with E-state index in [1.54, 1.807) is 23.1 Å². The molecule has 19 heavy (non-hydrogen) atoms. The molecule has 0 saturated heterocycles. The summed E-state index contributed by atoms with van der Waals surface area (Å²) in [6, 6.07) is 15.1. The standard InChI is InChI=1S/C14H9Cl2N3/c15-12-7-6-10(8-13(12)16)14-9-17-19(18-14)11-4-2-1-3-5-11/h1-9H. The molecule has 2 aromatic carbocycles. The normalized spacial score (nSPS) is 10.6. The number of benzene rings is 2. The molecule has 5 heteroatoms. The van der Waals surface area contributed by atoms with E-state index in [2.05, 4.69) is 10.2 Å². The molecule has 0 aliphatic heterocycles. The highest BCUT2D eigenvalue weighted by Crippen LogP contribution is 2.27. The zero-order chi connectivity index (χ0) is 13.2. The summed E-state index contributed by atoms with van der Waals surface area (Å²) in [5.74, 6) is 0. The molecule has 0 fully saturated rings. The number of rotatable bonds is 2. The van der Waals surface area contributed by atoms with E-state index in [1.165, 1.54) is 0 Å². The number of nitrogens with zero attached hydrogens (tertiary/aromatic N) is 3. The Morgan fingerprint density at radius 2 is 1.68 bits per heavy atom. The van der Waals surface area contributed by atoms with Gasteiger partial charge >= 0.3 is 0 Å². The Balaban J connectivity index is 1.99. The zero-order valence-corrected chi connectivity index (χ0v) is 11.3. The van der Waals surface area contributed by atoms with E-state index in [-0.39, 0.29) is 0 Å². The molecule has 0 aliphatic rings. The molecule has 1 aromatic heterocycles. The molecule has 0 amide bonds. The van der Waals surface area contributed by atoms with Gasteiger partial charge in [-0.1, -0.05) is 47.5 Å². The predicted octanol–water partition coefficient (Wildman–Crippen LogP) is 4.24. The van der Waals surface area contributed by atoms with Gasteiger partial charge < -0.3 is 0 Å². The van der Waals surface area contributed by atoms with Crippen LogP contribution in [0.5, 0.6) is 0 Å². The van der Waals surface area contributed by atoms with Crippen LogP contribution in [0, 0.1) is 0 Å². The van der Waals surface area contributed by atoms with E-state index in [0.29, 0.717) is 10.0 Å². The molecule has 0 bridgehead atoms. The van der Waals surface area contributed by atoms with Crippen LogP contribution in [0.25, 0.3) is 16.9 Å². The lowest BCUT2D eigenvalue weighted by atomic mass is 10.2. The van der Waals surface area contributed by atoms with E-state index < -0.39 is 0 Å². The van der Waals surface area contributed by atoms with Crippen molar-refractivity contribution in [3.63, 3.8) is 0 Å². The van der Waals surface area contributed by atoms with Gasteiger partial charge in [-0.25, -0.2) is 0 Å². The summed E-state index contributed by atoms with van der Waals surface area (Å²) in [6.45, 7) is 0.